The predicted octanol–water partition coefficient (Wildman–Crippen LogP) is 3.92. The third kappa shape index (κ3) is 4.50. The maximum atomic E-state index is 5.42. The van der Waals surface area contributed by atoms with Crippen LogP contribution in [0, 0.1) is 6.92 Å². The zero-order valence-electron chi connectivity index (χ0n) is 12.1. The lowest BCUT2D eigenvalue weighted by atomic mass is 10.2. The molecule has 0 aliphatic heterocycles. The first-order chi connectivity index (χ1) is 9.78. The van der Waals surface area contributed by atoms with Crippen LogP contribution in [-0.4, -0.2) is 19.7 Å². The van der Waals surface area contributed by atoms with Gasteiger partial charge in [-0.05, 0) is 55.8 Å². The van der Waals surface area contributed by atoms with Crippen LogP contribution >= 0.6 is 0 Å². The van der Waals surface area contributed by atoms with Crippen molar-refractivity contribution < 1.29 is 4.74 Å². The van der Waals surface area contributed by atoms with E-state index < -0.39 is 0 Å². The maximum absolute atomic E-state index is 5.42. The molecule has 3 nitrogen and oxygen atoms in total. The second-order valence-corrected chi connectivity index (χ2v) is 4.68. The SMILES string of the molecule is CCOc1ccc(NCCNc2cccc(C)c2)cc1. The first-order valence-electron chi connectivity index (χ1n) is 7.05. The Morgan fingerprint density at radius 3 is 2.25 bits per heavy atom. The summed E-state index contributed by atoms with van der Waals surface area (Å²) >= 11 is 0. The summed E-state index contributed by atoms with van der Waals surface area (Å²) in [5.41, 5.74) is 3.55. The summed E-state index contributed by atoms with van der Waals surface area (Å²) in [5, 5.41) is 6.78. The van der Waals surface area contributed by atoms with E-state index in [9.17, 15) is 0 Å². The van der Waals surface area contributed by atoms with E-state index in [2.05, 4.69) is 41.8 Å². The van der Waals surface area contributed by atoms with E-state index in [4.69, 9.17) is 4.74 Å². The molecule has 2 aromatic rings. The molecule has 106 valence electrons. The first kappa shape index (κ1) is 14.3. The second-order valence-electron chi connectivity index (χ2n) is 4.68. The van der Waals surface area contributed by atoms with Crippen molar-refractivity contribution in [3.05, 3.63) is 54.1 Å². The fourth-order valence-electron chi connectivity index (χ4n) is 2.00. The topological polar surface area (TPSA) is 33.3 Å². The summed E-state index contributed by atoms with van der Waals surface area (Å²) in [6, 6.07) is 16.5. The predicted molar refractivity (Wildman–Crippen MR) is 85.8 cm³/mol. The molecule has 2 aromatic carbocycles. The zero-order chi connectivity index (χ0) is 14.2. The highest BCUT2D eigenvalue weighted by Gasteiger charge is 1.95. The van der Waals surface area contributed by atoms with Gasteiger partial charge in [-0.3, -0.25) is 0 Å². The summed E-state index contributed by atoms with van der Waals surface area (Å²) in [6.45, 7) is 6.55. The molecular formula is C17H22N2O. The smallest absolute Gasteiger partial charge is 0.119 e. The molecule has 0 aromatic heterocycles. The molecule has 3 heteroatoms. The van der Waals surface area contributed by atoms with Gasteiger partial charge in [0.2, 0.25) is 0 Å². The van der Waals surface area contributed by atoms with Gasteiger partial charge < -0.3 is 15.4 Å². The fourth-order valence-corrected chi connectivity index (χ4v) is 2.00. The molecule has 0 aliphatic rings. The number of hydrogen-bond donors (Lipinski definition) is 2. The van der Waals surface area contributed by atoms with Gasteiger partial charge >= 0.3 is 0 Å². The van der Waals surface area contributed by atoms with E-state index in [1.54, 1.807) is 0 Å². The molecule has 0 heterocycles. The number of aryl methyl sites for hydroxylation is 1. The van der Waals surface area contributed by atoms with E-state index >= 15 is 0 Å². The van der Waals surface area contributed by atoms with E-state index in [-0.39, 0.29) is 0 Å². The number of anilines is 2. The van der Waals surface area contributed by atoms with Crippen molar-refractivity contribution in [3.8, 4) is 5.75 Å². The lowest BCUT2D eigenvalue weighted by Gasteiger charge is -2.10. The van der Waals surface area contributed by atoms with Crippen molar-refractivity contribution in [3.63, 3.8) is 0 Å². The fraction of sp³-hybridized carbons (Fsp3) is 0.294. The van der Waals surface area contributed by atoms with Crippen LogP contribution in [0.3, 0.4) is 0 Å². The number of hydrogen-bond acceptors (Lipinski definition) is 3. The average Bonchev–Trinajstić information content (AvgIpc) is 2.46. The Kier molecular flexibility index (Phi) is 5.30. The molecule has 0 aliphatic carbocycles. The van der Waals surface area contributed by atoms with Gasteiger partial charge in [-0.1, -0.05) is 12.1 Å². The minimum Gasteiger partial charge on any atom is -0.494 e. The highest BCUT2D eigenvalue weighted by molar-refractivity contribution is 5.48. The molecule has 0 amide bonds. The summed E-state index contributed by atoms with van der Waals surface area (Å²) in [7, 11) is 0. The van der Waals surface area contributed by atoms with Gasteiger partial charge in [-0.2, -0.15) is 0 Å². The average molecular weight is 270 g/mol. The Labute approximate surface area is 121 Å². The largest absolute Gasteiger partial charge is 0.494 e. The van der Waals surface area contributed by atoms with E-state index in [1.165, 1.54) is 11.3 Å². The van der Waals surface area contributed by atoms with E-state index in [0.29, 0.717) is 6.61 Å². The maximum Gasteiger partial charge on any atom is 0.119 e. The molecule has 0 bridgehead atoms. The van der Waals surface area contributed by atoms with Crippen LogP contribution < -0.4 is 15.4 Å². The minimum atomic E-state index is 0.702. The molecule has 0 radical (unpaired) electrons. The highest BCUT2D eigenvalue weighted by Crippen LogP contribution is 2.15. The van der Waals surface area contributed by atoms with Gasteiger partial charge in [0.1, 0.15) is 5.75 Å². The van der Waals surface area contributed by atoms with Crippen molar-refractivity contribution in [1.29, 1.82) is 0 Å². The van der Waals surface area contributed by atoms with Gasteiger partial charge in [0.15, 0.2) is 0 Å². The van der Waals surface area contributed by atoms with Gasteiger partial charge in [-0.15, -0.1) is 0 Å². The Morgan fingerprint density at radius 2 is 1.60 bits per heavy atom. The van der Waals surface area contributed by atoms with Crippen molar-refractivity contribution in [2.24, 2.45) is 0 Å². The Hall–Kier alpha value is -2.16. The van der Waals surface area contributed by atoms with Crippen molar-refractivity contribution in [2.45, 2.75) is 13.8 Å². The molecule has 0 unspecified atom stereocenters. The highest BCUT2D eigenvalue weighted by atomic mass is 16.5. The monoisotopic (exact) mass is 270 g/mol. The van der Waals surface area contributed by atoms with Crippen LogP contribution in [0.2, 0.25) is 0 Å². The number of benzene rings is 2. The quantitative estimate of drug-likeness (QED) is 0.748. The molecular weight excluding hydrogens is 248 g/mol. The Bertz CT molecular complexity index is 523. The molecule has 0 saturated heterocycles. The third-order valence-electron chi connectivity index (χ3n) is 2.97. The van der Waals surface area contributed by atoms with Crippen molar-refractivity contribution in [1.82, 2.24) is 0 Å². The van der Waals surface area contributed by atoms with Gasteiger partial charge in [-0.25, -0.2) is 0 Å². The van der Waals surface area contributed by atoms with Gasteiger partial charge in [0.25, 0.3) is 0 Å². The zero-order valence-corrected chi connectivity index (χ0v) is 12.1. The molecule has 2 N–H and O–H groups in total. The number of nitrogens with one attached hydrogen (secondary N) is 2. The Morgan fingerprint density at radius 1 is 0.900 bits per heavy atom. The molecule has 2 rings (SSSR count). The lowest BCUT2D eigenvalue weighted by molar-refractivity contribution is 0.340. The van der Waals surface area contributed by atoms with Crippen molar-refractivity contribution in [2.75, 3.05) is 30.3 Å². The Balaban J connectivity index is 1.73. The first-order valence-corrected chi connectivity index (χ1v) is 7.05. The van der Waals surface area contributed by atoms with Crippen LogP contribution in [0.5, 0.6) is 5.75 Å². The van der Waals surface area contributed by atoms with Crippen LogP contribution in [0.25, 0.3) is 0 Å². The van der Waals surface area contributed by atoms with E-state index in [1.807, 2.05) is 31.2 Å². The second kappa shape index (κ2) is 7.43. The minimum absolute atomic E-state index is 0.702. The molecule has 20 heavy (non-hydrogen) atoms. The summed E-state index contributed by atoms with van der Waals surface area (Å²) in [4.78, 5) is 0. The van der Waals surface area contributed by atoms with Gasteiger partial charge in [0.05, 0.1) is 6.61 Å². The van der Waals surface area contributed by atoms with Gasteiger partial charge in [0, 0.05) is 24.5 Å². The van der Waals surface area contributed by atoms with Crippen LogP contribution in [-0.2, 0) is 0 Å². The lowest BCUT2D eigenvalue weighted by Crippen LogP contribution is -2.13. The molecule has 0 saturated carbocycles. The molecule has 0 fully saturated rings. The summed E-state index contributed by atoms with van der Waals surface area (Å²) < 4.78 is 5.42. The normalized spacial score (nSPS) is 10.1. The third-order valence-corrected chi connectivity index (χ3v) is 2.97. The standard InChI is InChI=1S/C17H22N2O/c1-3-20-17-9-7-15(8-10-17)18-11-12-19-16-6-4-5-14(2)13-16/h4-10,13,18-19H,3,11-12H2,1-2H3. The molecule has 0 spiro atoms. The number of rotatable bonds is 7. The van der Waals surface area contributed by atoms with Crippen LogP contribution in [0.1, 0.15) is 12.5 Å². The van der Waals surface area contributed by atoms with Crippen LogP contribution in [0.15, 0.2) is 48.5 Å². The summed E-state index contributed by atoms with van der Waals surface area (Å²) in [5.74, 6) is 0.913. The molecule has 0 atom stereocenters. The van der Waals surface area contributed by atoms with E-state index in [0.717, 1.165) is 24.5 Å². The van der Waals surface area contributed by atoms with Crippen LogP contribution in [0.4, 0.5) is 11.4 Å². The van der Waals surface area contributed by atoms with Crippen molar-refractivity contribution >= 4 is 11.4 Å². The number of ether oxygens (including phenoxy) is 1. The summed E-state index contributed by atoms with van der Waals surface area (Å²) in [6.07, 6.45) is 0.